The number of aromatic nitrogens is 6. The predicted molar refractivity (Wildman–Crippen MR) is 152 cm³/mol. The molecule has 0 amide bonds. The highest BCUT2D eigenvalue weighted by atomic mass is 16.5. The van der Waals surface area contributed by atoms with E-state index in [1.807, 2.05) is 83.0 Å². The van der Waals surface area contributed by atoms with Gasteiger partial charge in [-0.1, -0.05) is 36.4 Å². The number of hydrogen-bond acceptors (Lipinski definition) is 6. The lowest BCUT2D eigenvalue weighted by Crippen LogP contribution is -2.33. The monoisotopic (exact) mass is 532 g/mol. The predicted octanol–water partition coefficient (Wildman–Crippen LogP) is 4.68. The number of aryl methyl sites for hydroxylation is 1. The number of aromatic hydroxyl groups is 1. The van der Waals surface area contributed by atoms with Crippen LogP contribution < -0.4 is 15.0 Å². The minimum atomic E-state index is 0.0907. The summed E-state index contributed by atoms with van der Waals surface area (Å²) in [5, 5.41) is 10.3. The van der Waals surface area contributed by atoms with E-state index in [0.29, 0.717) is 31.7 Å². The molecular formula is C31H30N7O2+. The molecule has 0 aliphatic heterocycles. The van der Waals surface area contributed by atoms with Crippen LogP contribution in [0, 0.1) is 6.92 Å². The Morgan fingerprint density at radius 1 is 0.950 bits per heavy atom. The molecule has 4 aromatic heterocycles. The molecule has 0 unspecified atom stereocenters. The van der Waals surface area contributed by atoms with E-state index in [4.69, 9.17) is 15.5 Å². The molecule has 0 bridgehead atoms. The SMILES string of the molecule is Cc1ccc(OCc2ccccc2)c(Cn2c(N)nc3ccc(C[n+]4ccc5c(c4)nc(O)n5C4CC4)cc32)n1. The first-order valence-corrected chi connectivity index (χ1v) is 13.5. The molecule has 7 rings (SSSR count). The number of pyridine rings is 2. The van der Waals surface area contributed by atoms with Gasteiger partial charge < -0.3 is 20.1 Å². The van der Waals surface area contributed by atoms with Gasteiger partial charge in [0.05, 0.1) is 23.1 Å². The fourth-order valence-electron chi connectivity index (χ4n) is 5.26. The van der Waals surface area contributed by atoms with Crippen molar-refractivity contribution in [2.75, 3.05) is 5.73 Å². The molecule has 1 aliphatic carbocycles. The Kier molecular flexibility index (Phi) is 5.84. The van der Waals surface area contributed by atoms with E-state index in [-0.39, 0.29) is 6.01 Å². The molecule has 4 heterocycles. The summed E-state index contributed by atoms with van der Waals surface area (Å²) in [5.41, 5.74) is 13.8. The number of anilines is 1. The van der Waals surface area contributed by atoms with Crippen molar-refractivity contribution in [2.45, 2.75) is 45.5 Å². The van der Waals surface area contributed by atoms with Crippen molar-refractivity contribution in [3.05, 3.63) is 102 Å². The number of nitrogens with two attached hydrogens (primary N) is 1. The highest BCUT2D eigenvalue weighted by molar-refractivity contribution is 5.79. The molecular weight excluding hydrogens is 502 g/mol. The molecule has 1 aliphatic rings. The Morgan fingerprint density at radius 2 is 1.80 bits per heavy atom. The third-order valence-corrected chi connectivity index (χ3v) is 7.41. The van der Waals surface area contributed by atoms with Crippen LogP contribution in [0.3, 0.4) is 0 Å². The van der Waals surface area contributed by atoms with Gasteiger partial charge in [0, 0.05) is 23.4 Å². The van der Waals surface area contributed by atoms with Crippen LogP contribution in [0.25, 0.3) is 22.1 Å². The lowest BCUT2D eigenvalue weighted by molar-refractivity contribution is -0.687. The van der Waals surface area contributed by atoms with E-state index in [0.717, 1.165) is 63.2 Å². The second-order valence-electron chi connectivity index (χ2n) is 10.5. The molecule has 1 fully saturated rings. The number of benzene rings is 2. The van der Waals surface area contributed by atoms with Gasteiger partial charge in [-0.15, -0.1) is 0 Å². The van der Waals surface area contributed by atoms with Crippen molar-refractivity contribution in [1.82, 2.24) is 24.1 Å². The summed E-state index contributed by atoms with van der Waals surface area (Å²) in [5.74, 6) is 1.16. The minimum Gasteiger partial charge on any atom is -0.487 e. The van der Waals surface area contributed by atoms with E-state index in [1.54, 1.807) is 0 Å². The molecule has 2 aromatic carbocycles. The zero-order chi connectivity index (χ0) is 27.2. The normalized spacial score (nSPS) is 13.3. The van der Waals surface area contributed by atoms with Gasteiger partial charge in [0.2, 0.25) is 5.95 Å². The molecule has 0 saturated heterocycles. The fraction of sp³-hybridized carbons (Fsp3) is 0.226. The van der Waals surface area contributed by atoms with Crippen molar-refractivity contribution in [2.24, 2.45) is 0 Å². The maximum absolute atomic E-state index is 10.3. The van der Waals surface area contributed by atoms with Gasteiger partial charge in [0.1, 0.15) is 18.1 Å². The fourth-order valence-corrected chi connectivity index (χ4v) is 5.26. The summed E-state index contributed by atoms with van der Waals surface area (Å²) in [7, 11) is 0. The molecule has 3 N–H and O–H groups in total. The van der Waals surface area contributed by atoms with Crippen LogP contribution in [0.15, 0.2) is 79.1 Å². The van der Waals surface area contributed by atoms with Gasteiger partial charge in [0.15, 0.2) is 24.5 Å². The molecule has 6 aromatic rings. The number of imidazole rings is 2. The van der Waals surface area contributed by atoms with Crippen LogP contribution in [0.4, 0.5) is 5.95 Å². The minimum absolute atomic E-state index is 0.0907. The molecule has 1 saturated carbocycles. The highest BCUT2D eigenvalue weighted by Gasteiger charge is 2.29. The number of nitrogen functional groups attached to an aromatic ring is 1. The third-order valence-electron chi connectivity index (χ3n) is 7.41. The van der Waals surface area contributed by atoms with E-state index in [2.05, 4.69) is 26.7 Å². The number of rotatable bonds is 8. The van der Waals surface area contributed by atoms with Crippen molar-refractivity contribution in [3.63, 3.8) is 0 Å². The maximum atomic E-state index is 10.3. The Labute approximate surface area is 231 Å². The maximum Gasteiger partial charge on any atom is 0.295 e. The highest BCUT2D eigenvalue weighted by Crippen LogP contribution is 2.40. The Bertz CT molecular complexity index is 1860. The first kappa shape index (κ1) is 24.1. The summed E-state index contributed by atoms with van der Waals surface area (Å²) >= 11 is 0. The standard InChI is InChI=1S/C31H29N7O2/c1-20-7-12-29(40-19-21-5-3-2-4-6-21)26(33-20)18-37-28-15-22(8-11-24(28)34-30(37)32)16-36-14-13-27-25(17-36)35-31(39)38(27)23-9-10-23/h2-8,11-15,17,23H,9-10,16,18-19H2,1H3,(H2-,32,34,35,39)/p+1. The number of nitrogens with zero attached hydrogens (tertiary/aromatic N) is 6. The van der Waals surface area contributed by atoms with Gasteiger partial charge >= 0.3 is 0 Å². The Hall–Kier alpha value is -4.92. The second kappa shape index (κ2) is 9.68. The lowest BCUT2D eigenvalue weighted by Gasteiger charge is -2.13. The van der Waals surface area contributed by atoms with Crippen molar-refractivity contribution >= 4 is 28.0 Å². The number of hydrogen-bond donors (Lipinski definition) is 2. The summed E-state index contributed by atoms with van der Waals surface area (Å²) < 4.78 is 12.2. The molecule has 0 spiro atoms. The first-order valence-electron chi connectivity index (χ1n) is 13.5. The van der Waals surface area contributed by atoms with Crippen molar-refractivity contribution in [3.8, 4) is 11.8 Å². The van der Waals surface area contributed by atoms with Crippen LogP contribution in [-0.2, 0) is 19.7 Å². The Balaban J connectivity index is 1.17. The van der Waals surface area contributed by atoms with Crippen molar-refractivity contribution in [1.29, 1.82) is 0 Å². The largest absolute Gasteiger partial charge is 0.487 e. The first-order chi connectivity index (χ1) is 19.5. The van der Waals surface area contributed by atoms with Crippen molar-refractivity contribution < 1.29 is 14.4 Å². The van der Waals surface area contributed by atoms with Gasteiger partial charge in [0.25, 0.3) is 6.01 Å². The quantitative estimate of drug-likeness (QED) is 0.276. The second-order valence-corrected chi connectivity index (χ2v) is 10.5. The van der Waals surface area contributed by atoms with Crippen LogP contribution in [0.5, 0.6) is 11.8 Å². The van der Waals surface area contributed by atoms with E-state index < -0.39 is 0 Å². The van der Waals surface area contributed by atoms with Crippen LogP contribution in [0.2, 0.25) is 0 Å². The van der Waals surface area contributed by atoms with E-state index >= 15 is 0 Å². The summed E-state index contributed by atoms with van der Waals surface area (Å²) in [6.07, 6.45) is 6.19. The zero-order valence-electron chi connectivity index (χ0n) is 22.2. The van der Waals surface area contributed by atoms with Crippen LogP contribution >= 0.6 is 0 Å². The zero-order valence-corrected chi connectivity index (χ0v) is 22.2. The molecule has 200 valence electrons. The number of fused-ring (bicyclic) bond motifs is 2. The average molecular weight is 533 g/mol. The summed E-state index contributed by atoms with van der Waals surface area (Å²) in [4.78, 5) is 13.8. The molecule has 9 nitrogen and oxygen atoms in total. The molecule has 40 heavy (non-hydrogen) atoms. The van der Waals surface area contributed by atoms with Gasteiger partial charge in [-0.2, -0.15) is 9.55 Å². The molecule has 0 radical (unpaired) electrons. The third kappa shape index (κ3) is 4.59. The van der Waals surface area contributed by atoms with Gasteiger partial charge in [-0.25, -0.2) is 4.98 Å². The number of ether oxygens (including phenoxy) is 1. The average Bonchev–Trinajstić information content (AvgIpc) is 3.67. The van der Waals surface area contributed by atoms with Gasteiger partial charge in [-0.05, 0) is 49.6 Å². The smallest absolute Gasteiger partial charge is 0.295 e. The van der Waals surface area contributed by atoms with Crippen LogP contribution in [-0.4, -0.2) is 29.2 Å². The Morgan fingerprint density at radius 3 is 2.62 bits per heavy atom. The topological polar surface area (TPSA) is 108 Å². The molecule has 0 atom stereocenters. The lowest BCUT2D eigenvalue weighted by atomic mass is 10.2. The van der Waals surface area contributed by atoms with E-state index in [1.165, 1.54) is 0 Å². The molecule has 9 heteroatoms. The van der Waals surface area contributed by atoms with E-state index in [9.17, 15) is 5.11 Å². The summed E-state index contributed by atoms with van der Waals surface area (Å²) in [6, 6.07) is 22.7. The van der Waals surface area contributed by atoms with Gasteiger partial charge in [-0.3, -0.25) is 9.55 Å². The van der Waals surface area contributed by atoms with Crippen LogP contribution in [0.1, 0.15) is 41.4 Å². The summed E-state index contributed by atoms with van der Waals surface area (Å²) in [6.45, 7) is 3.51.